The summed E-state index contributed by atoms with van der Waals surface area (Å²) in [7, 11) is 0. The highest BCUT2D eigenvalue weighted by molar-refractivity contribution is 5.80. The second-order valence-electron chi connectivity index (χ2n) is 1.78. The minimum Gasteiger partial charge on any atom is -0.365 e. The first-order valence-electron chi connectivity index (χ1n) is 2.90. The van der Waals surface area contributed by atoms with Gasteiger partial charge >= 0.3 is 0 Å². The number of carbonyl (C=O) groups is 1. The zero-order valence-corrected chi connectivity index (χ0v) is 5.37. The van der Waals surface area contributed by atoms with E-state index in [0.29, 0.717) is 0 Å². The molecular weight excluding hydrogens is 130 g/mol. The monoisotopic (exact) mass is 138 g/mol. The summed E-state index contributed by atoms with van der Waals surface area (Å²) in [5.41, 5.74) is 6.77. The van der Waals surface area contributed by atoms with Crippen molar-refractivity contribution in [2.45, 2.75) is 0 Å². The Kier molecular flexibility index (Phi) is 2.07. The standard InChI is InChI=1S/C6H8N3O/c7-5-6(10)9-3-1-8-2-4-9/h1-4,7-8H,5H2. The van der Waals surface area contributed by atoms with Crippen molar-refractivity contribution in [1.29, 1.82) is 0 Å². The zero-order valence-electron chi connectivity index (χ0n) is 5.37. The van der Waals surface area contributed by atoms with Gasteiger partial charge in [-0.1, -0.05) is 0 Å². The zero-order chi connectivity index (χ0) is 7.40. The Morgan fingerprint density at radius 3 is 2.60 bits per heavy atom. The van der Waals surface area contributed by atoms with Gasteiger partial charge in [0.05, 0.1) is 6.54 Å². The molecule has 0 saturated heterocycles. The van der Waals surface area contributed by atoms with Gasteiger partial charge in [0, 0.05) is 24.8 Å². The largest absolute Gasteiger partial charge is 0.365 e. The predicted octanol–water partition coefficient (Wildman–Crippen LogP) is -0.357. The summed E-state index contributed by atoms with van der Waals surface area (Å²) in [6.07, 6.45) is 6.43. The topological polar surface area (TPSA) is 56.1 Å². The second kappa shape index (κ2) is 3.03. The van der Waals surface area contributed by atoms with Gasteiger partial charge in [0.2, 0.25) is 5.91 Å². The van der Waals surface area contributed by atoms with Crippen molar-refractivity contribution in [3.63, 3.8) is 0 Å². The molecule has 0 unspecified atom stereocenters. The Balaban J connectivity index is 2.55. The van der Waals surface area contributed by atoms with Gasteiger partial charge in [0.25, 0.3) is 0 Å². The van der Waals surface area contributed by atoms with Crippen LogP contribution in [-0.2, 0) is 4.79 Å². The summed E-state index contributed by atoms with van der Waals surface area (Å²) in [5.74, 6) is -0.228. The summed E-state index contributed by atoms with van der Waals surface area (Å²) in [4.78, 5) is 12.1. The van der Waals surface area contributed by atoms with Crippen molar-refractivity contribution >= 4 is 5.91 Å². The molecule has 10 heavy (non-hydrogen) atoms. The maximum atomic E-state index is 10.8. The average Bonchev–Trinajstić information content (AvgIpc) is 2.05. The van der Waals surface area contributed by atoms with Crippen LogP contribution in [0.25, 0.3) is 0 Å². The van der Waals surface area contributed by atoms with Crippen LogP contribution in [0.4, 0.5) is 0 Å². The first kappa shape index (κ1) is 6.82. The fourth-order valence-corrected chi connectivity index (χ4v) is 0.609. The van der Waals surface area contributed by atoms with Crippen molar-refractivity contribution in [2.24, 2.45) is 0 Å². The molecule has 0 spiro atoms. The van der Waals surface area contributed by atoms with Gasteiger partial charge in [-0.25, -0.2) is 5.73 Å². The Hall–Kier alpha value is -1.29. The van der Waals surface area contributed by atoms with Gasteiger partial charge < -0.3 is 5.32 Å². The lowest BCUT2D eigenvalue weighted by atomic mass is 10.5. The van der Waals surface area contributed by atoms with Crippen molar-refractivity contribution in [3.8, 4) is 0 Å². The smallest absolute Gasteiger partial charge is 0.246 e. The predicted molar refractivity (Wildman–Crippen MR) is 36.2 cm³/mol. The highest BCUT2D eigenvalue weighted by Gasteiger charge is 2.05. The minimum atomic E-state index is -0.228. The van der Waals surface area contributed by atoms with Crippen LogP contribution in [0, 0.1) is 0 Å². The molecule has 0 bridgehead atoms. The number of carbonyl (C=O) groups excluding carboxylic acids is 1. The third kappa shape index (κ3) is 1.35. The molecule has 1 aliphatic rings. The quantitative estimate of drug-likeness (QED) is 0.538. The van der Waals surface area contributed by atoms with E-state index in [9.17, 15) is 4.79 Å². The molecule has 1 radical (unpaired) electrons. The summed E-state index contributed by atoms with van der Waals surface area (Å²) < 4.78 is 0. The maximum absolute atomic E-state index is 10.8. The van der Waals surface area contributed by atoms with Gasteiger partial charge in [-0.05, 0) is 0 Å². The van der Waals surface area contributed by atoms with E-state index in [0.717, 1.165) is 0 Å². The summed E-state index contributed by atoms with van der Waals surface area (Å²) in [6.45, 7) is -0.214. The van der Waals surface area contributed by atoms with Gasteiger partial charge in [-0.2, -0.15) is 0 Å². The van der Waals surface area contributed by atoms with E-state index in [1.807, 2.05) is 0 Å². The Morgan fingerprint density at radius 2 is 2.10 bits per heavy atom. The molecule has 4 heteroatoms. The van der Waals surface area contributed by atoms with Crippen LogP contribution >= 0.6 is 0 Å². The third-order valence-corrected chi connectivity index (χ3v) is 1.10. The fourth-order valence-electron chi connectivity index (χ4n) is 0.609. The molecular formula is C6H8N3O. The molecule has 0 aliphatic carbocycles. The van der Waals surface area contributed by atoms with Crippen LogP contribution in [-0.4, -0.2) is 17.4 Å². The number of amides is 1. The maximum Gasteiger partial charge on any atom is 0.246 e. The summed E-state index contributed by atoms with van der Waals surface area (Å²) >= 11 is 0. The number of hydrogen-bond donors (Lipinski definition) is 1. The average molecular weight is 138 g/mol. The van der Waals surface area contributed by atoms with Gasteiger partial charge in [-0.15, -0.1) is 0 Å². The van der Waals surface area contributed by atoms with Crippen LogP contribution < -0.4 is 11.1 Å². The summed E-state index contributed by atoms with van der Waals surface area (Å²) in [5, 5.41) is 2.78. The van der Waals surface area contributed by atoms with Crippen LogP contribution in [0.3, 0.4) is 0 Å². The molecule has 0 atom stereocenters. The van der Waals surface area contributed by atoms with Crippen molar-refractivity contribution in [2.75, 3.05) is 6.54 Å². The van der Waals surface area contributed by atoms with Gasteiger partial charge in [0.15, 0.2) is 0 Å². The molecule has 0 fully saturated rings. The normalized spacial score (nSPS) is 15.1. The lowest BCUT2D eigenvalue weighted by Gasteiger charge is -2.14. The molecule has 53 valence electrons. The Bertz CT molecular complexity index is 173. The molecule has 0 aromatic heterocycles. The van der Waals surface area contributed by atoms with E-state index >= 15 is 0 Å². The van der Waals surface area contributed by atoms with Gasteiger partial charge in [-0.3, -0.25) is 9.69 Å². The van der Waals surface area contributed by atoms with Crippen LogP contribution in [0.1, 0.15) is 0 Å². The molecule has 4 nitrogen and oxygen atoms in total. The molecule has 0 saturated carbocycles. The third-order valence-electron chi connectivity index (χ3n) is 1.10. The van der Waals surface area contributed by atoms with Crippen molar-refractivity contribution in [1.82, 2.24) is 16.0 Å². The van der Waals surface area contributed by atoms with Crippen LogP contribution in [0.15, 0.2) is 24.8 Å². The van der Waals surface area contributed by atoms with E-state index in [4.69, 9.17) is 5.73 Å². The SMILES string of the molecule is [NH]CC(=O)N1C=CNC=C1. The Morgan fingerprint density at radius 1 is 1.50 bits per heavy atom. The van der Waals surface area contributed by atoms with E-state index in [2.05, 4.69) is 5.32 Å². The second-order valence-corrected chi connectivity index (χ2v) is 1.78. The Labute approximate surface area is 59.0 Å². The molecule has 1 aliphatic heterocycles. The minimum absolute atomic E-state index is 0.214. The number of rotatable bonds is 1. The van der Waals surface area contributed by atoms with Crippen LogP contribution in [0.5, 0.6) is 0 Å². The lowest BCUT2D eigenvalue weighted by Crippen LogP contribution is -2.26. The van der Waals surface area contributed by atoms with E-state index in [1.165, 1.54) is 4.90 Å². The van der Waals surface area contributed by atoms with Crippen molar-refractivity contribution in [3.05, 3.63) is 24.8 Å². The summed E-state index contributed by atoms with van der Waals surface area (Å²) in [6, 6.07) is 0. The number of nitrogens with one attached hydrogen (secondary N) is 2. The highest BCUT2D eigenvalue weighted by Crippen LogP contribution is 1.94. The molecule has 1 rings (SSSR count). The van der Waals surface area contributed by atoms with E-state index in [1.54, 1.807) is 24.8 Å². The van der Waals surface area contributed by atoms with Crippen molar-refractivity contribution < 1.29 is 4.79 Å². The van der Waals surface area contributed by atoms with Crippen LogP contribution in [0.2, 0.25) is 0 Å². The van der Waals surface area contributed by atoms with Gasteiger partial charge in [0.1, 0.15) is 0 Å². The first-order valence-corrected chi connectivity index (χ1v) is 2.90. The number of hydrogen-bond acceptors (Lipinski definition) is 2. The molecule has 1 amide bonds. The highest BCUT2D eigenvalue weighted by atomic mass is 16.2. The fraction of sp³-hybridized carbons (Fsp3) is 0.167. The lowest BCUT2D eigenvalue weighted by molar-refractivity contribution is -0.125. The number of nitrogens with zero attached hydrogens (tertiary/aromatic N) is 1. The first-order chi connectivity index (χ1) is 4.84. The molecule has 0 aromatic rings. The molecule has 2 N–H and O–H groups in total. The molecule has 0 aromatic carbocycles. The van der Waals surface area contributed by atoms with E-state index in [-0.39, 0.29) is 12.5 Å². The molecule has 1 heterocycles. The van der Waals surface area contributed by atoms with E-state index < -0.39 is 0 Å².